The van der Waals surface area contributed by atoms with E-state index in [1.54, 1.807) is 11.3 Å². The topological polar surface area (TPSA) is 38.0 Å². The van der Waals surface area contributed by atoms with Crippen molar-refractivity contribution in [1.29, 1.82) is 0 Å². The molecule has 70 valence electrons. The fourth-order valence-corrected chi connectivity index (χ4v) is 3.02. The van der Waals surface area contributed by atoms with Gasteiger partial charge in [-0.3, -0.25) is 0 Å². The van der Waals surface area contributed by atoms with Crippen LogP contribution in [0.15, 0.2) is 21.3 Å². The van der Waals surface area contributed by atoms with E-state index in [4.69, 9.17) is 5.73 Å². The molecule has 1 aromatic rings. The third-order valence-electron chi connectivity index (χ3n) is 2.07. The standard InChI is InChI=1S/C9H11BrN2S/c10-9-5-13-4-8(9)6-1-7(11)3-12-2-6/h1,4-5,7,12H,2-3,11H2. The molecule has 0 amide bonds. The van der Waals surface area contributed by atoms with Crippen molar-refractivity contribution in [2.45, 2.75) is 6.04 Å². The van der Waals surface area contributed by atoms with Crippen LogP contribution in [0.25, 0.3) is 5.57 Å². The summed E-state index contributed by atoms with van der Waals surface area (Å²) in [5.74, 6) is 0. The fourth-order valence-electron chi connectivity index (χ4n) is 1.45. The van der Waals surface area contributed by atoms with Gasteiger partial charge in [-0.1, -0.05) is 6.08 Å². The first kappa shape index (κ1) is 9.40. The Morgan fingerprint density at radius 1 is 1.54 bits per heavy atom. The van der Waals surface area contributed by atoms with Crippen molar-refractivity contribution >= 4 is 32.8 Å². The van der Waals surface area contributed by atoms with E-state index in [0.717, 1.165) is 13.1 Å². The third-order valence-corrected chi connectivity index (χ3v) is 3.77. The number of hydrogen-bond acceptors (Lipinski definition) is 3. The average molecular weight is 259 g/mol. The van der Waals surface area contributed by atoms with E-state index < -0.39 is 0 Å². The molecule has 0 radical (unpaired) electrons. The Morgan fingerprint density at radius 3 is 3.00 bits per heavy atom. The zero-order valence-electron chi connectivity index (χ0n) is 7.09. The summed E-state index contributed by atoms with van der Waals surface area (Å²) in [7, 11) is 0. The second-order valence-electron chi connectivity index (χ2n) is 3.12. The maximum Gasteiger partial charge on any atom is 0.0357 e. The van der Waals surface area contributed by atoms with E-state index in [0.29, 0.717) is 0 Å². The lowest BCUT2D eigenvalue weighted by Crippen LogP contribution is -2.37. The Hall–Kier alpha value is -0.160. The van der Waals surface area contributed by atoms with Crippen LogP contribution in [0.3, 0.4) is 0 Å². The highest BCUT2D eigenvalue weighted by molar-refractivity contribution is 9.10. The van der Waals surface area contributed by atoms with E-state index in [-0.39, 0.29) is 6.04 Å². The Balaban J connectivity index is 2.30. The molecule has 0 aromatic carbocycles. The van der Waals surface area contributed by atoms with Crippen LogP contribution in [-0.4, -0.2) is 19.1 Å². The molecule has 2 rings (SSSR count). The lowest BCUT2D eigenvalue weighted by Gasteiger charge is -2.18. The minimum atomic E-state index is 0.149. The molecule has 4 heteroatoms. The SMILES string of the molecule is NC1C=C(c2cscc2Br)CNC1. The molecule has 1 aliphatic heterocycles. The number of hydrogen-bond donors (Lipinski definition) is 2. The van der Waals surface area contributed by atoms with Gasteiger partial charge < -0.3 is 11.1 Å². The smallest absolute Gasteiger partial charge is 0.0357 e. The molecule has 3 N–H and O–H groups in total. The molecule has 0 saturated heterocycles. The first-order valence-electron chi connectivity index (χ1n) is 4.16. The van der Waals surface area contributed by atoms with Crippen molar-refractivity contribution in [3.05, 3.63) is 26.9 Å². The van der Waals surface area contributed by atoms with Crippen LogP contribution in [0, 0.1) is 0 Å². The minimum Gasteiger partial charge on any atom is -0.323 e. The van der Waals surface area contributed by atoms with Crippen molar-refractivity contribution in [3.63, 3.8) is 0 Å². The van der Waals surface area contributed by atoms with E-state index in [9.17, 15) is 0 Å². The van der Waals surface area contributed by atoms with Gasteiger partial charge >= 0.3 is 0 Å². The molecule has 1 aromatic heterocycles. The molecule has 2 heterocycles. The van der Waals surface area contributed by atoms with Crippen LogP contribution in [0.4, 0.5) is 0 Å². The summed E-state index contributed by atoms with van der Waals surface area (Å²) < 4.78 is 1.17. The highest BCUT2D eigenvalue weighted by Gasteiger charge is 2.13. The van der Waals surface area contributed by atoms with Gasteiger partial charge in [0.2, 0.25) is 0 Å². The van der Waals surface area contributed by atoms with Gasteiger partial charge in [-0.2, -0.15) is 11.3 Å². The summed E-state index contributed by atoms with van der Waals surface area (Å²) in [6.45, 7) is 1.80. The normalized spacial score (nSPS) is 22.9. The Kier molecular flexibility index (Phi) is 2.83. The zero-order chi connectivity index (χ0) is 9.26. The van der Waals surface area contributed by atoms with Crippen LogP contribution in [-0.2, 0) is 0 Å². The lowest BCUT2D eigenvalue weighted by atomic mass is 10.0. The highest BCUT2D eigenvalue weighted by Crippen LogP contribution is 2.28. The largest absolute Gasteiger partial charge is 0.323 e. The fraction of sp³-hybridized carbons (Fsp3) is 0.333. The summed E-state index contributed by atoms with van der Waals surface area (Å²) in [5.41, 5.74) is 8.40. The maximum absolute atomic E-state index is 5.83. The molecule has 0 aliphatic carbocycles. The number of nitrogens with one attached hydrogen (secondary N) is 1. The summed E-state index contributed by atoms with van der Waals surface area (Å²) in [4.78, 5) is 0. The Morgan fingerprint density at radius 2 is 2.38 bits per heavy atom. The van der Waals surface area contributed by atoms with Crippen molar-refractivity contribution in [1.82, 2.24) is 5.32 Å². The van der Waals surface area contributed by atoms with Crippen LogP contribution < -0.4 is 11.1 Å². The predicted octanol–water partition coefficient (Wildman–Crippen LogP) is 1.82. The summed E-state index contributed by atoms with van der Waals surface area (Å²) in [5, 5.41) is 7.53. The summed E-state index contributed by atoms with van der Waals surface area (Å²) in [6.07, 6.45) is 2.14. The number of halogens is 1. The zero-order valence-corrected chi connectivity index (χ0v) is 9.49. The maximum atomic E-state index is 5.83. The summed E-state index contributed by atoms with van der Waals surface area (Å²) >= 11 is 5.23. The quantitative estimate of drug-likeness (QED) is 0.807. The molecule has 13 heavy (non-hydrogen) atoms. The lowest BCUT2D eigenvalue weighted by molar-refractivity contribution is 0.663. The van der Waals surface area contributed by atoms with Crippen LogP contribution >= 0.6 is 27.3 Å². The monoisotopic (exact) mass is 258 g/mol. The van der Waals surface area contributed by atoms with Crippen molar-refractivity contribution < 1.29 is 0 Å². The second kappa shape index (κ2) is 3.92. The van der Waals surface area contributed by atoms with E-state index in [2.05, 4.69) is 38.1 Å². The molecule has 2 nitrogen and oxygen atoms in total. The Bertz CT molecular complexity index is 332. The molecular weight excluding hydrogens is 248 g/mol. The first-order valence-corrected chi connectivity index (χ1v) is 5.90. The number of nitrogens with two attached hydrogens (primary N) is 1. The molecule has 1 atom stereocenters. The van der Waals surface area contributed by atoms with Crippen molar-refractivity contribution in [2.24, 2.45) is 5.73 Å². The van der Waals surface area contributed by atoms with Crippen LogP contribution in [0.2, 0.25) is 0 Å². The van der Waals surface area contributed by atoms with E-state index >= 15 is 0 Å². The van der Waals surface area contributed by atoms with Gasteiger partial charge in [0.05, 0.1) is 0 Å². The number of thiophene rings is 1. The van der Waals surface area contributed by atoms with Gasteiger partial charge in [-0.15, -0.1) is 0 Å². The average Bonchev–Trinajstić information content (AvgIpc) is 2.51. The molecular formula is C9H11BrN2S. The molecule has 0 fully saturated rings. The molecule has 0 saturated carbocycles. The third kappa shape index (κ3) is 2.02. The van der Waals surface area contributed by atoms with Crippen molar-refractivity contribution in [2.75, 3.05) is 13.1 Å². The van der Waals surface area contributed by atoms with E-state index in [1.807, 2.05) is 0 Å². The van der Waals surface area contributed by atoms with Crippen LogP contribution in [0.5, 0.6) is 0 Å². The molecule has 1 aliphatic rings. The predicted molar refractivity (Wildman–Crippen MR) is 60.8 cm³/mol. The summed E-state index contributed by atoms with van der Waals surface area (Å²) in [6, 6.07) is 0.149. The van der Waals surface area contributed by atoms with Crippen LogP contribution in [0.1, 0.15) is 5.56 Å². The van der Waals surface area contributed by atoms with Gasteiger partial charge in [0.1, 0.15) is 0 Å². The van der Waals surface area contributed by atoms with Gasteiger partial charge in [0, 0.05) is 34.5 Å². The van der Waals surface area contributed by atoms with Gasteiger partial charge in [-0.25, -0.2) is 0 Å². The van der Waals surface area contributed by atoms with Gasteiger partial charge in [0.25, 0.3) is 0 Å². The molecule has 1 unspecified atom stereocenters. The van der Waals surface area contributed by atoms with Crippen molar-refractivity contribution in [3.8, 4) is 0 Å². The molecule has 0 spiro atoms. The Labute approximate surface area is 90.0 Å². The second-order valence-corrected chi connectivity index (χ2v) is 4.72. The van der Waals surface area contributed by atoms with E-state index in [1.165, 1.54) is 15.6 Å². The minimum absolute atomic E-state index is 0.149. The molecule has 0 bridgehead atoms. The first-order chi connectivity index (χ1) is 6.27. The van der Waals surface area contributed by atoms with Gasteiger partial charge in [0.15, 0.2) is 0 Å². The van der Waals surface area contributed by atoms with Gasteiger partial charge in [-0.05, 0) is 26.9 Å². The highest BCUT2D eigenvalue weighted by atomic mass is 79.9. The number of rotatable bonds is 1.